The van der Waals surface area contributed by atoms with Gasteiger partial charge >= 0.3 is 11.9 Å². The van der Waals surface area contributed by atoms with E-state index in [0.717, 1.165) is 0 Å². The van der Waals surface area contributed by atoms with Crippen LogP contribution in [0.25, 0.3) is 0 Å². The first-order chi connectivity index (χ1) is 5.70. The van der Waals surface area contributed by atoms with Crippen LogP contribution < -0.4 is 0 Å². The van der Waals surface area contributed by atoms with Gasteiger partial charge in [-0.3, -0.25) is 0 Å². The minimum atomic E-state index is -0.482. The molecule has 1 rings (SSSR count). The van der Waals surface area contributed by atoms with E-state index in [1.807, 2.05) is 0 Å². The van der Waals surface area contributed by atoms with E-state index in [9.17, 15) is 9.59 Å². The topological polar surface area (TPSA) is 93.1 Å². The fourth-order valence-electron chi connectivity index (χ4n) is 0.362. The fraction of sp³-hybridized carbons (Fsp3) is 0.667. The van der Waals surface area contributed by atoms with Crippen LogP contribution in [-0.4, -0.2) is 48.6 Å². The predicted octanol–water partition coefficient (Wildman–Crippen LogP) is -1.94. The lowest BCUT2D eigenvalue weighted by Gasteiger charge is -2.09. The van der Waals surface area contributed by atoms with Gasteiger partial charge in [0, 0.05) is 0 Å². The van der Waals surface area contributed by atoms with Crippen LogP contribution in [0.1, 0.15) is 0 Å². The molecule has 1 fully saturated rings. The molecule has 0 aromatic rings. The molecule has 0 aliphatic carbocycles. The molecule has 0 amide bonds. The average molecular weight is 178 g/mol. The summed E-state index contributed by atoms with van der Waals surface area (Å²) in [5.74, 6) is -0.964. The number of hydrogen-bond acceptors (Lipinski definition) is 6. The summed E-state index contributed by atoms with van der Waals surface area (Å²) in [5, 5.41) is 15.2. The first-order valence-corrected chi connectivity index (χ1v) is 3.23. The smallest absolute Gasteiger partial charge is 0.344 e. The predicted molar refractivity (Wildman–Crippen MR) is 36.1 cm³/mol. The van der Waals surface area contributed by atoms with Gasteiger partial charge in [0.05, 0.1) is 13.2 Å². The highest BCUT2D eigenvalue weighted by Gasteiger charge is 2.16. The molecule has 2 N–H and O–H groups in total. The van der Waals surface area contributed by atoms with Gasteiger partial charge in [-0.1, -0.05) is 0 Å². The Labute approximate surface area is 68.7 Å². The van der Waals surface area contributed by atoms with Gasteiger partial charge in [-0.25, -0.2) is 9.59 Å². The third-order valence-corrected chi connectivity index (χ3v) is 0.802. The summed E-state index contributed by atoms with van der Waals surface area (Å²) in [6, 6.07) is 0. The van der Waals surface area contributed by atoms with Crippen LogP contribution in [0.4, 0.5) is 0 Å². The quantitative estimate of drug-likeness (QED) is 0.453. The third-order valence-electron chi connectivity index (χ3n) is 0.802. The van der Waals surface area contributed by atoms with Gasteiger partial charge in [-0.2, -0.15) is 0 Å². The van der Waals surface area contributed by atoms with Crippen LogP contribution in [-0.2, 0) is 19.1 Å². The van der Waals surface area contributed by atoms with E-state index in [1.54, 1.807) is 0 Å². The second-order valence-electron chi connectivity index (χ2n) is 1.77. The molecule has 0 saturated carbocycles. The number of hydrogen-bond donors (Lipinski definition) is 2. The summed E-state index contributed by atoms with van der Waals surface area (Å²) in [7, 11) is 0. The molecule has 1 heterocycles. The highest BCUT2D eigenvalue weighted by atomic mass is 16.6. The van der Waals surface area contributed by atoms with Crippen molar-refractivity contribution in [3.63, 3.8) is 0 Å². The lowest BCUT2D eigenvalue weighted by atomic mass is 10.6. The average Bonchev–Trinajstić information content (AvgIpc) is 2.11. The number of carbonyl (C=O) groups is 2. The van der Waals surface area contributed by atoms with E-state index in [0.29, 0.717) is 0 Å². The maximum absolute atomic E-state index is 10.1. The Morgan fingerprint density at radius 1 is 1.00 bits per heavy atom. The van der Waals surface area contributed by atoms with Crippen LogP contribution in [0.3, 0.4) is 0 Å². The van der Waals surface area contributed by atoms with Crippen LogP contribution in [0.15, 0.2) is 0 Å². The lowest BCUT2D eigenvalue weighted by Crippen LogP contribution is -2.27. The van der Waals surface area contributed by atoms with Gasteiger partial charge in [0.2, 0.25) is 0 Å². The van der Waals surface area contributed by atoms with Crippen molar-refractivity contribution in [3.8, 4) is 0 Å². The van der Waals surface area contributed by atoms with Crippen LogP contribution >= 0.6 is 0 Å². The summed E-state index contributed by atoms with van der Waals surface area (Å²) in [4.78, 5) is 20.2. The maximum Gasteiger partial charge on any atom is 0.344 e. The zero-order valence-corrected chi connectivity index (χ0v) is 6.36. The van der Waals surface area contributed by atoms with E-state index in [1.165, 1.54) is 0 Å². The van der Waals surface area contributed by atoms with Crippen molar-refractivity contribution in [2.45, 2.75) is 0 Å². The Morgan fingerprint density at radius 2 is 1.33 bits per heavy atom. The molecular formula is C6H10O6. The second-order valence-corrected chi connectivity index (χ2v) is 1.77. The number of esters is 2. The van der Waals surface area contributed by atoms with Crippen molar-refractivity contribution in [1.82, 2.24) is 0 Å². The summed E-state index contributed by atoms with van der Waals surface area (Å²) in [5.41, 5.74) is 0. The van der Waals surface area contributed by atoms with Crippen molar-refractivity contribution < 1.29 is 29.3 Å². The van der Waals surface area contributed by atoms with Gasteiger partial charge in [0.25, 0.3) is 0 Å². The summed E-state index contributed by atoms with van der Waals surface area (Å²) >= 11 is 0. The van der Waals surface area contributed by atoms with Crippen molar-refractivity contribution in [3.05, 3.63) is 0 Å². The Bertz CT molecular complexity index is 124. The molecule has 0 bridgehead atoms. The van der Waals surface area contributed by atoms with Gasteiger partial charge in [0.1, 0.15) is 0 Å². The molecule has 0 unspecified atom stereocenters. The minimum Gasteiger partial charge on any atom is -0.451 e. The number of aliphatic hydroxyl groups is 2. The van der Waals surface area contributed by atoms with E-state index in [-0.39, 0.29) is 26.4 Å². The third kappa shape index (κ3) is 5.63. The molecule has 0 aromatic carbocycles. The van der Waals surface area contributed by atoms with E-state index in [2.05, 4.69) is 9.47 Å². The lowest BCUT2D eigenvalue weighted by molar-refractivity contribution is -0.174. The molecule has 6 nitrogen and oxygen atoms in total. The Kier molecular flexibility index (Phi) is 5.94. The largest absolute Gasteiger partial charge is 0.451 e. The standard InChI is InChI=1S/C4H4O4.C2H6O2/c5-3-1-7-4(6)2-8-3;3-1-2-4/h1-2H2;3-4H,1-2H2. The Balaban J connectivity index is 0.000000261. The highest BCUT2D eigenvalue weighted by molar-refractivity contribution is 5.82. The van der Waals surface area contributed by atoms with E-state index in [4.69, 9.17) is 10.2 Å². The van der Waals surface area contributed by atoms with Gasteiger partial charge in [-0.15, -0.1) is 0 Å². The first-order valence-electron chi connectivity index (χ1n) is 3.23. The van der Waals surface area contributed by atoms with Crippen molar-refractivity contribution >= 4 is 11.9 Å². The maximum atomic E-state index is 10.1. The zero-order chi connectivity index (χ0) is 9.40. The Hall–Kier alpha value is -1.14. The summed E-state index contributed by atoms with van der Waals surface area (Å²) in [6.45, 7) is -0.725. The monoisotopic (exact) mass is 178 g/mol. The van der Waals surface area contributed by atoms with Gasteiger partial charge in [0.15, 0.2) is 13.2 Å². The van der Waals surface area contributed by atoms with Gasteiger partial charge < -0.3 is 19.7 Å². The SMILES string of the molecule is O=C1COC(=O)CO1.OCCO. The van der Waals surface area contributed by atoms with E-state index >= 15 is 0 Å². The van der Waals surface area contributed by atoms with Crippen LogP contribution in [0, 0.1) is 0 Å². The van der Waals surface area contributed by atoms with Crippen molar-refractivity contribution in [1.29, 1.82) is 0 Å². The van der Waals surface area contributed by atoms with Crippen LogP contribution in [0.2, 0.25) is 0 Å². The molecular weight excluding hydrogens is 168 g/mol. The summed E-state index contributed by atoms with van der Waals surface area (Å²) in [6.07, 6.45) is 0. The molecule has 70 valence electrons. The normalized spacial score (nSPS) is 15.5. The molecule has 0 spiro atoms. The number of aliphatic hydroxyl groups excluding tert-OH is 2. The molecule has 1 aliphatic rings. The van der Waals surface area contributed by atoms with Crippen LogP contribution in [0.5, 0.6) is 0 Å². The van der Waals surface area contributed by atoms with Gasteiger partial charge in [-0.05, 0) is 0 Å². The molecule has 12 heavy (non-hydrogen) atoms. The number of cyclic esters (lactones) is 2. The number of carbonyl (C=O) groups excluding carboxylic acids is 2. The zero-order valence-electron chi connectivity index (χ0n) is 6.36. The molecule has 0 atom stereocenters. The summed E-state index contributed by atoms with van der Waals surface area (Å²) < 4.78 is 8.55. The van der Waals surface area contributed by atoms with Crippen molar-refractivity contribution in [2.75, 3.05) is 26.4 Å². The minimum absolute atomic E-state index is 0.125. The second kappa shape index (κ2) is 6.56. The number of ether oxygens (including phenoxy) is 2. The van der Waals surface area contributed by atoms with Crippen molar-refractivity contribution in [2.24, 2.45) is 0 Å². The highest BCUT2D eigenvalue weighted by Crippen LogP contribution is 1.90. The molecule has 1 aliphatic heterocycles. The molecule has 0 aromatic heterocycles. The number of rotatable bonds is 1. The fourth-order valence-corrected chi connectivity index (χ4v) is 0.362. The molecule has 0 radical (unpaired) electrons. The van der Waals surface area contributed by atoms with E-state index < -0.39 is 11.9 Å². The molecule has 6 heteroatoms. The molecule has 1 saturated heterocycles. The Morgan fingerprint density at radius 3 is 1.50 bits per heavy atom. The first kappa shape index (κ1) is 10.9.